The predicted molar refractivity (Wildman–Crippen MR) is 297 cm³/mol. The highest BCUT2D eigenvalue weighted by Gasteiger charge is 2.23. The zero-order valence-corrected chi connectivity index (χ0v) is 41.4. The summed E-state index contributed by atoms with van der Waals surface area (Å²) in [6.07, 6.45) is 0. The summed E-state index contributed by atoms with van der Waals surface area (Å²) in [5.74, 6) is 0.759. The van der Waals surface area contributed by atoms with Crippen molar-refractivity contribution in [3.05, 3.63) is 260 Å². The molecule has 76 heavy (non-hydrogen) atoms. The summed E-state index contributed by atoms with van der Waals surface area (Å²) >= 11 is 0. The number of hydrogen-bond acceptors (Lipinski definition) is 10. The van der Waals surface area contributed by atoms with E-state index in [1.807, 2.05) is 91.9 Å². The summed E-state index contributed by atoms with van der Waals surface area (Å²) in [4.78, 5) is 52.7. The molecule has 0 aliphatic rings. The van der Waals surface area contributed by atoms with E-state index in [-0.39, 0.29) is 22.6 Å². The molecule has 0 N–H and O–H groups in total. The summed E-state index contributed by atoms with van der Waals surface area (Å²) in [6, 6.07) is 57.1. The second-order valence-electron chi connectivity index (χ2n) is 18.0. The van der Waals surface area contributed by atoms with Gasteiger partial charge in [0.25, 0.3) is 0 Å². The van der Waals surface area contributed by atoms with Gasteiger partial charge in [-0.25, -0.2) is 19.2 Å². The minimum absolute atomic E-state index is 0.227. The van der Waals surface area contributed by atoms with E-state index in [2.05, 4.69) is 26.3 Å². The molecule has 0 amide bonds. The van der Waals surface area contributed by atoms with Crippen LogP contribution in [0, 0.1) is 0 Å². The number of allylic oxidation sites excluding steroid dienone is 1. The van der Waals surface area contributed by atoms with Gasteiger partial charge >= 0.3 is 23.9 Å². The number of carbonyl (C=O) groups excluding carboxylic acids is 4. The highest BCUT2D eigenvalue weighted by molar-refractivity contribution is 6.11. The fourth-order valence-corrected chi connectivity index (χ4v) is 8.49. The SMILES string of the molecule is C=C(C)C(=C)Oc1ccc2cc(C(=O)Oc3ccc(C(=O)Oc4ccc5ccccc5c4-c4c(OC(=C)c5ccc(OC(=O)c6ccc7cc(OC(=O)C(=C)C)ccc7c6)cc5)ccc5ccccc45)cc3)ccc2c1. The van der Waals surface area contributed by atoms with Gasteiger partial charge in [-0.2, -0.15) is 0 Å². The number of carbonyl (C=O) groups is 4. The van der Waals surface area contributed by atoms with Crippen LogP contribution in [-0.4, -0.2) is 23.9 Å². The van der Waals surface area contributed by atoms with Crippen molar-refractivity contribution in [2.45, 2.75) is 13.8 Å². The van der Waals surface area contributed by atoms with Crippen LogP contribution >= 0.6 is 0 Å². The van der Waals surface area contributed by atoms with E-state index >= 15 is 0 Å². The van der Waals surface area contributed by atoms with Crippen LogP contribution in [0.4, 0.5) is 0 Å². The molecule has 0 fully saturated rings. The van der Waals surface area contributed by atoms with Gasteiger partial charge in [-0.3, -0.25) is 0 Å². The van der Waals surface area contributed by atoms with E-state index in [0.29, 0.717) is 62.3 Å². The topological polar surface area (TPSA) is 124 Å². The van der Waals surface area contributed by atoms with Crippen molar-refractivity contribution in [2.75, 3.05) is 0 Å². The minimum atomic E-state index is -0.634. The van der Waals surface area contributed by atoms with Gasteiger partial charge in [0.1, 0.15) is 46.0 Å². The molecule has 0 heterocycles. The average Bonchev–Trinajstić information content (AvgIpc) is 3.43. The molecule has 0 aliphatic heterocycles. The van der Waals surface area contributed by atoms with Gasteiger partial charge in [-0.05, 0) is 172 Å². The lowest BCUT2D eigenvalue weighted by atomic mass is 9.92. The number of fused-ring (bicyclic) bond motifs is 4. The number of benzene rings is 10. The van der Waals surface area contributed by atoms with Crippen molar-refractivity contribution in [2.24, 2.45) is 0 Å². The van der Waals surface area contributed by atoms with Crippen molar-refractivity contribution in [1.29, 1.82) is 0 Å². The summed E-state index contributed by atoms with van der Waals surface area (Å²) in [6.45, 7) is 19.0. The smallest absolute Gasteiger partial charge is 0.343 e. The third-order valence-electron chi connectivity index (χ3n) is 12.5. The first kappa shape index (κ1) is 49.3. The Bertz CT molecular complexity index is 3790. The molecule has 0 bridgehead atoms. The van der Waals surface area contributed by atoms with Crippen LogP contribution in [0.5, 0.6) is 34.5 Å². The van der Waals surface area contributed by atoms with E-state index < -0.39 is 23.9 Å². The van der Waals surface area contributed by atoms with Crippen LogP contribution in [0.15, 0.2) is 237 Å². The highest BCUT2D eigenvalue weighted by atomic mass is 16.5. The third kappa shape index (κ3) is 10.6. The van der Waals surface area contributed by atoms with E-state index in [0.717, 1.165) is 48.7 Å². The first-order valence-corrected chi connectivity index (χ1v) is 24.0. The number of esters is 4. The van der Waals surface area contributed by atoms with Crippen molar-refractivity contribution in [1.82, 2.24) is 0 Å². The fraction of sp³-hybridized carbons (Fsp3) is 0.0303. The van der Waals surface area contributed by atoms with Gasteiger partial charge in [0.05, 0.1) is 16.7 Å². The quantitative estimate of drug-likeness (QED) is 0.0322. The zero-order valence-electron chi connectivity index (χ0n) is 41.4. The molecule has 0 spiro atoms. The lowest BCUT2D eigenvalue weighted by Gasteiger charge is -2.20. The normalized spacial score (nSPS) is 10.9. The molecule has 0 saturated heterocycles. The van der Waals surface area contributed by atoms with Crippen molar-refractivity contribution in [3.63, 3.8) is 0 Å². The molecular formula is C66H46O10. The van der Waals surface area contributed by atoms with Crippen LogP contribution in [0.2, 0.25) is 0 Å². The molecule has 0 atom stereocenters. The lowest BCUT2D eigenvalue weighted by Crippen LogP contribution is -2.11. The minimum Gasteiger partial charge on any atom is -0.458 e. The fourth-order valence-electron chi connectivity index (χ4n) is 8.49. The van der Waals surface area contributed by atoms with Crippen LogP contribution < -0.4 is 28.4 Å². The van der Waals surface area contributed by atoms with Crippen molar-refractivity contribution in [3.8, 4) is 45.6 Å². The van der Waals surface area contributed by atoms with E-state index in [9.17, 15) is 19.2 Å². The molecular weight excluding hydrogens is 953 g/mol. The highest BCUT2D eigenvalue weighted by Crippen LogP contribution is 2.46. The van der Waals surface area contributed by atoms with Gasteiger partial charge in [0, 0.05) is 22.3 Å². The Balaban J connectivity index is 0.864. The summed E-state index contributed by atoms with van der Waals surface area (Å²) in [7, 11) is 0. The molecule has 0 aliphatic carbocycles. The predicted octanol–water partition coefficient (Wildman–Crippen LogP) is 15.6. The molecule has 10 aromatic rings. The Morgan fingerprint density at radius 2 is 0.724 bits per heavy atom. The van der Waals surface area contributed by atoms with Crippen LogP contribution in [0.3, 0.4) is 0 Å². The molecule has 0 radical (unpaired) electrons. The van der Waals surface area contributed by atoms with Crippen molar-refractivity contribution < 1.29 is 47.6 Å². The first-order chi connectivity index (χ1) is 36.7. The van der Waals surface area contributed by atoms with Gasteiger partial charge in [0.2, 0.25) is 0 Å². The first-order valence-electron chi connectivity index (χ1n) is 24.0. The van der Waals surface area contributed by atoms with Gasteiger partial charge in [-0.15, -0.1) is 0 Å². The Kier molecular flexibility index (Phi) is 13.6. The molecule has 0 saturated carbocycles. The van der Waals surface area contributed by atoms with Gasteiger partial charge in [0.15, 0.2) is 0 Å². The molecule has 10 rings (SSSR count). The molecule has 10 aromatic carbocycles. The third-order valence-corrected chi connectivity index (χ3v) is 12.5. The van der Waals surface area contributed by atoms with Crippen molar-refractivity contribution >= 4 is 72.7 Å². The second-order valence-corrected chi connectivity index (χ2v) is 18.0. The second kappa shape index (κ2) is 21.0. The van der Waals surface area contributed by atoms with Crippen LogP contribution in [-0.2, 0) is 4.79 Å². The number of hydrogen-bond donors (Lipinski definition) is 0. The Morgan fingerprint density at radius 1 is 0.329 bits per heavy atom. The maximum atomic E-state index is 14.1. The molecule has 370 valence electrons. The molecule has 0 aromatic heterocycles. The molecule has 10 nitrogen and oxygen atoms in total. The summed E-state index contributed by atoms with van der Waals surface area (Å²) in [5, 5.41) is 6.69. The maximum absolute atomic E-state index is 14.1. The summed E-state index contributed by atoms with van der Waals surface area (Å²) < 4.78 is 35.5. The Hall–Kier alpha value is -10.3. The van der Waals surface area contributed by atoms with E-state index in [1.54, 1.807) is 116 Å². The molecule has 10 heteroatoms. The number of ether oxygens (including phenoxy) is 6. The maximum Gasteiger partial charge on any atom is 0.343 e. The van der Waals surface area contributed by atoms with Gasteiger partial charge < -0.3 is 28.4 Å². The molecule has 0 unspecified atom stereocenters. The van der Waals surface area contributed by atoms with Crippen LogP contribution in [0.1, 0.15) is 50.5 Å². The average molecular weight is 999 g/mol. The summed E-state index contributed by atoms with van der Waals surface area (Å²) in [5.41, 5.74) is 3.82. The Morgan fingerprint density at radius 3 is 1.22 bits per heavy atom. The van der Waals surface area contributed by atoms with E-state index in [4.69, 9.17) is 28.4 Å². The monoisotopic (exact) mass is 998 g/mol. The zero-order chi connectivity index (χ0) is 53.0. The lowest BCUT2D eigenvalue weighted by molar-refractivity contribution is -0.130. The largest absolute Gasteiger partial charge is 0.458 e. The number of rotatable bonds is 15. The van der Waals surface area contributed by atoms with Crippen LogP contribution in [0.25, 0.3) is 60.0 Å². The Labute approximate surface area is 437 Å². The van der Waals surface area contributed by atoms with Gasteiger partial charge in [-0.1, -0.05) is 111 Å². The van der Waals surface area contributed by atoms with E-state index in [1.165, 1.54) is 0 Å². The standard InChI is InChI=1S/C66H46O10/c1-39(2)41(5)71-55-31-23-47-35-51(17-15-49(47)37-55)66(70)74-54-29-21-46(22-30-54)64(68)76-60-34-26-45-12-8-10-14-58(45)62(60)61-57-13-9-7-11-44(57)25-33-59(61)72-42(6)43-19-27-53(28-20-43)73-65(69)52-18-16-50-38-56(32-24-48(50)36-52)75-63(67)40(3)4/h7-38H,1,3,5-6H2,2,4H3.